The molecule has 1 atom stereocenters. The van der Waals surface area contributed by atoms with Gasteiger partial charge in [-0.25, -0.2) is 4.79 Å². The van der Waals surface area contributed by atoms with Gasteiger partial charge in [-0.2, -0.15) is 0 Å². The molecule has 1 aromatic rings. The van der Waals surface area contributed by atoms with Crippen molar-refractivity contribution in [2.75, 3.05) is 33.5 Å². The van der Waals surface area contributed by atoms with Gasteiger partial charge >= 0.3 is 29.8 Å². The lowest BCUT2D eigenvalue weighted by atomic mass is 9.94. The molecule has 1 unspecified atom stereocenters. The number of cyclic esters (lactones) is 1. The van der Waals surface area contributed by atoms with Crippen LogP contribution in [0.4, 0.5) is 0 Å². The van der Waals surface area contributed by atoms with E-state index >= 15 is 0 Å². The Balaban J connectivity index is 1.90. The van der Waals surface area contributed by atoms with E-state index in [-0.39, 0.29) is 64.6 Å². The molecular formula is C36H50O12. The zero-order chi connectivity index (χ0) is 35.6. The van der Waals surface area contributed by atoms with E-state index in [4.69, 9.17) is 33.2 Å². The summed E-state index contributed by atoms with van der Waals surface area (Å²) in [5.41, 5.74) is 3.59. The SMILES string of the molecule is C=CCOc1c(C/C=C(\C)CCC(=O)OCC(C)CC(=O)OC(COC(=O)CCC)COC(=O)CCC)c(OC)c(C)c2c1C(=O)OC2. The van der Waals surface area contributed by atoms with Gasteiger partial charge in [0.2, 0.25) is 0 Å². The van der Waals surface area contributed by atoms with Crippen molar-refractivity contribution in [1.29, 1.82) is 0 Å². The smallest absolute Gasteiger partial charge is 0.342 e. The summed E-state index contributed by atoms with van der Waals surface area (Å²) in [6.45, 7) is 12.8. The Morgan fingerprint density at radius 2 is 1.50 bits per heavy atom. The van der Waals surface area contributed by atoms with E-state index in [9.17, 15) is 24.0 Å². The summed E-state index contributed by atoms with van der Waals surface area (Å²) in [6.07, 6.45) is 5.17. The molecule has 1 heterocycles. The summed E-state index contributed by atoms with van der Waals surface area (Å²) in [5, 5.41) is 0. The molecule has 0 saturated carbocycles. The van der Waals surface area contributed by atoms with Crippen molar-refractivity contribution in [1.82, 2.24) is 0 Å². The Morgan fingerprint density at radius 1 is 0.896 bits per heavy atom. The molecule has 0 radical (unpaired) electrons. The number of carbonyl (C=O) groups is 5. The minimum absolute atomic E-state index is 0.00400. The van der Waals surface area contributed by atoms with E-state index in [1.807, 2.05) is 33.8 Å². The van der Waals surface area contributed by atoms with Crippen LogP contribution in [0.25, 0.3) is 0 Å². The average Bonchev–Trinajstić information content (AvgIpc) is 3.44. The number of benzene rings is 1. The van der Waals surface area contributed by atoms with Crippen molar-refractivity contribution in [3.63, 3.8) is 0 Å². The van der Waals surface area contributed by atoms with Crippen molar-refractivity contribution >= 4 is 29.8 Å². The number of fused-ring (bicyclic) bond motifs is 1. The largest absolute Gasteiger partial charge is 0.496 e. The standard InChI is InChI=1S/C36H50O12/c1-8-11-29(37)45-20-26(21-46-30(38)12-9-2)48-32(40)18-24(5)19-44-31(39)16-14-23(4)13-15-27-34(42-7)25(6)28-22-47-36(41)33(28)35(27)43-17-10-3/h10,13,24,26H,3,8-9,11-12,14-22H2,1-2,4-7H3/b23-13+. The lowest BCUT2D eigenvalue weighted by Gasteiger charge is -2.19. The van der Waals surface area contributed by atoms with Crippen LogP contribution in [0.1, 0.15) is 99.7 Å². The van der Waals surface area contributed by atoms with Gasteiger partial charge in [0.15, 0.2) is 6.10 Å². The molecule has 0 saturated heterocycles. The Labute approximate surface area is 283 Å². The number of methoxy groups -OCH3 is 1. The molecule has 1 aromatic carbocycles. The van der Waals surface area contributed by atoms with Gasteiger partial charge in [-0.15, -0.1) is 0 Å². The molecule has 0 aliphatic carbocycles. The molecule has 12 heteroatoms. The maximum absolute atomic E-state index is 12.6. The third-order valence-corrected chi connectivity index (χ3v) is 7.46. The monoisotopic (exact) mass is 674 g/mol. The quantitative estimate of drug-likeness (QED) is 0.0846. The molecule has 0 aromatic heterocycles. The third kappa shape index (κ3) is 12.7. The van der Waals surface area contributed by atoms with Crippen molar-refractivity contribution in [2.24, 2.45) is 5.92 Å². The van der Waals surface area contributed by atoms with E-state index < -0.39 is 36.0 Å². The van der Waals surface area contributed by atoms with E-state index in [0.717, 1.165) is 16.7 Å². The highest BCUT2D eigenvalue weighted by Gasteiger charge is 2.33. The van der Waals surface area contributed by atoms with Crippen molar-refractivity contribution in [3.05, 3.63) is 46.6 Å². The molecule has 1 aliphatic heterocycles. The minimum Gasteiger partial charge on any atom is -0.496 e. The number of allylic oxidation sites excluding steroid dienone is 2. The van der Waals surface area contributed by atoms with Gasteiger partial charge in [-0.1, -0.05) is 45.1 Å². The summed E-state index contributed by atoms with van der Waals surface area (Å²) in [7, 11) is 1.56. The summed E-state index contributed by atoms with van der Waals surface area (Å²) in [6, 6.07) is 0. The molecule has 0 amide bonds. The molecule has 12 nitrogen and oxygen atoms in total. The van der Waals surface area contributed by atoms with Crippen LogP contribution in [0.2, 0.25) is 0 Å². The lowest BCUT2D eigenvalue weighted by molar-refractivity contribution is -0.167. The fourth-order valence-corrected chi connectivity index (χ4v) is 4.91. The van der Waals surface area contributed by atoms with Crippen LogP contribution >= 0.6 is 0 Å². The molecule has 2 rings (SSSR count). The van der Waals surface area contributed by atoms with Gasteiger partial charge in [0, 0.05) is 36.3 Å². The molecule has 0 bridgehead atoms. The zero-order valence-electron chi connectivity index (χ0n) is 29.1. The highest BCUT2D eigenvalue weighted by atomic mass is 16.6. The summed E-state index contributed by atoms with van der Waals surface area (Å²) >= 11 is 0. The second-order valence-electron chi connectivity index (χ2n) is 11.7. The molecule has 0 spiro atoms. The summed E-state index contributed by atoms with van der Waals surface area (Å²) < 4.78 is 38.0. The van der Waals surface area contributed by atoms with Crippen LogP contribution in [0.3, 0.4) is 0 Å². The van der Waals surface area contributed by atoms with Gasteiger partial charge in [0.1, 0.15) is 43.5 Å². The third-order valence-electron chi connectivity index (χ3n) is 7.46. The lowest BCUT2D eigenvalue weighted by Crippen LogP contribution is -2.31. The van der Waals surface area contributed by atoms with Gasteiger partial charge in [-0.05, 0) is 45.1 Å². The van der Waals surface area contributed by atoms with Crippen LogP contribution in [-0.4, -0.2) is 69.5 Å². The molecule has 266 valence electrons. The normalized spacial score (nSPS) is 12.9. The van der Waals surface area contributed by atoms with E-state index in [1.165, 1.54) is 0 Å². The van der Waals surface area contributed by atoms with Gasteiger partial charge in [0.05, 0.1) is 20.1 Å². The first kappa shape index (κ1) is 39.8. The van der Waals surface area contributed by atoms with Crippen LogP contribution in [0.5, 0.6) is 11.5 Å². The first-order chi connectivity index (χ1) is 22.9. The van der Waals surface area contributed by atoms with Crippen LogP contribution in [-0.2, 0) is 55.9 Å². The minimum atomic E-state index is -0.942. The van der Waals surface area contributed by atoms with Gasteiger partial charge < -0.3 is 33.2 Å². The number of rotatable bonds is 22. The Bertz CT molecular complexity index is 1310. The fourth-order valence-electron chi connectivity index (χ4n) is 4.91. The van der Waals surface area contributed by atoms with Crippen LogP contribution < -0.4 is 9.47 Å². The van der Waals surface area contributed by atoms with Crippen molar-refractivity contribution in [3.8, 4) is 11.5 Å². The molecule has 0 fully saturated rings. The van der Waals surface area contributed by atoms with Crippen LogP contribution in [0, 0.1) is 12.8 Å². The van der Waals surface area contributed by atoms with Gasteiger partial charge in [0.25, 0.3) is 0 Å². The number of esters is 5. The molecule has 1 aliphatic rings. The second-order valence-corrected chi connectivity index (χ2v) is 11.7. The first-order valence-corrected chi connectivity index (χ1v) is 16.4. The van der Waals surface area contributed by atoms with Crippen molar-refractivity contribution < 1.29 is 57.1 Å². The van der Waals surface area contributed by atoms with E-state index in [1.54, 1.807) is 20.1 Å². The number of ether oxygens (including phenoxy) is 7. The first-order valence-electron chi connectivity index (χ1n) is 16.4. The average molecular weight is 675 g/mol. The van der Waals surface area contributed by atoms with Crippen molar-refractivity contribution in [2.45, 2.75) is 98.7 Å². The number of hydrogen-bond acceptors (Lipinski definition) is 12. The Kier molecular flexibility index (Phi) is 17.3. The zero-order valence-corrected chi connectivity index (χ0v) is 29.1. The highest BCUT2D eigenvalue weighted by molar-refractivity contribution is 5.98. The van der Waals surface area contributed by atoms with E-state index in [2.05, 4.69) is 6.58 Å². The van der Waals surface area contributed by atoms with Crippen LogP contribution in [0.15, 0.2) is 24.3 Å². The molecule has 48 heavy (non-hydrogen) atoms. The molecule has 0 N–H and O–H groups in total. The predicted octanol–water partition coefficient (Wildman–Crippen LogP) is 5.68. The predicted molar refractivity (Wildman–Crippen MR) is 176 cm³/mol. The van der Waals surface area contributed by atoms with Gasteiger partial charge in [-0.3, -0.25) is 19.2 Å². The maximum atomic E-state index is 12.6. The number of carbonyl (C=O) groups excluding carboxylic acids is 5. The molecular weight excluding hydrogens is 624 g/mol. The summed E-state index contributed by atoms with van der Waals surface area (Å²) in [4.78, 5) is 61.2. The Hall–Kier alpha value is -4.35. The second kappa shape index (κ2) is 20.8. The highest BCUT2D eigenvalue weighted by Crippen LogP contribution is 2.43. The fraction of sp³-hybridized carbons (Fsp3) is 0.583. The number of hydrogen-bond donors (Lipinski definition) is 0. The Morgan fingerprint density at radius 3 is 2.08 bits per heavy atom. The maximum Gasteiger partial charge on any atom is 0.342 e. The topological polar surface area (TPSA) is 150 Å². The summed E-state index contributed by atoms with van der Waals surface area (Å²) in [5.74, 6) is -1.65. The van der Waals surface area contributed by atoms with E-state index in [0.29, 0.717) is 48.3 Å².